The lowest BCUT2D eigenvalue weighted by atomic mass is 10.1. The van der Waals surface area contributed by atoms with Crippen LogP contribution in [-0.4, -0.2) is 12.6 Å². The van der Waals surface area contributed by atoms with E-state index in [2.05, 4.69) is 28.1 Å². The molecule has 4 heteroatoms. The second-order valence-electron chi connectivity index (χ2n) is 4.25. The largest absolute Gasteiger partial charge is 0.462 e. The molecule has 2 aromatic carbocycles. The Morgan fingerprint density at radius 1 is 1.15 bits per heavy atom. The number of hydrogen-bond acceptors (Lipinski definition) is 3. The lowest BCUT2D eigenvalue weighted by Crippen LogP contribution is -2.06. The summed E-state index contributed by atoms with van der Waals surface area (Å²) in [5.74, 6) is -0.259. The normalized spacial score (nSPS) is 10.3. The van der Waals surface area contributed by atoms with Gasteiger partial charge in [-0.1, -0.05) is 27.7 Å². The van der Waals surface area contributed by atoms with E-state index in [0.717, 1.165) is 19.8 Å². The fourth-order valence-electron chi connectivity index (χ4n) is 1.78. The molecule has 0 atom stereocenters. The van der Waals surface area contributed by atoms with E-state index in [0.29, 0.717) is 12.2 Å². The molecule has 0 aliphatic heterocycles. The van der Waals surface area contributed by atoms with E-state index < -0.39 is 0 Å². The first-order valence-electron chi connectivity index (χ1n) is 6.31. The average molecular weight is 351 g/mol. The van der Waals surface area contributed by atoms with Gasteiger partial charge in [-0.05, 0) is 61.9 Å². The summed E-state index contributed by atoms with van der Waals surface area (Å²) in [6.45, 7) is 4.14. The van der Waals surface area contributed by atoms with Gasteiger partial charge in [-0.3, -0.25) is 0 Å². The van der Waals surface area contributed by atoms with Crippen LogP contribution < -0.4 is 0 Å². The minimum atomic E-state index is -0.259. The second kappa shape index (κ2) is 6.95. The molecule has 0 saturated carbocycles. The number of rotatable bonds is 4. The highest BCUT2D eigenvalue weighted by molar-refractivity contribution is 9.10. The predicted molar refractivity (Wildman–Crippen MR) is 85.4 cm³/mol. The quantitative estimate of drug-likeness (QED) is 0.718. The van der Waals surface area contributed by atoms with Gasteiger partial charge in [-0.15, -0.1) is 0 Å². The van der Waals surface area contributed by atoms with Crippen LogP contribution in [0.4, 0.5) is 0 Å². The molecule has 0 unspecified atom stereocenters. The third kappa shape index (κ3) is 3.87. The van der Waals surface area contributed by atoms with E-state index in [4.69, 9.17) is 4.74 Å². The van der Waals surface area contributed by atoms with Crippen LogP contribution in [0.15, 0.2) is 56.7 Å². The van der Waals surface area contributed by atoms with Crippen molar-refractivity contribution < 1.29 is 9.53 Å². The van der Waals surface area contributed by atoms with Crippen molar-refractivity contribution in [3.8, 4) is 0 Å². The van der Waals surface area contributed by atoms with Crippen LogP contribution >= 0.6 is 27.7 Å². The third-order valence-corrected chi connectivity index (χ3v) is 4.27. The van der Waals surface area contributed by atoms with Crippen molar-refractivity contribution in [2.75, 3.05) is 6.61 Å². The van der Waals surface area contributed by atoms with Crippen LogP contribution in [0, 0.1) is 6.92 Å². The summed E-state index contributed by atoms with van der Waals surface area (Å²) in [5, 5.41) is 0. The summed E-state index contributed by atoms with van der Waals surface area (Å²) < 4.78 is 6.09. The van der Waals surface area contributed by atoms with Gasteiger partial charge in [0.25, 0.3) is 0 Å². The zero-order valence-corrected chi connectivity index (χ0v) is 13.8. The fraction of sp³-hybridized carbons (Fsp3) is 0.188. The average Bonchev–Trinajstić information content (AvgIpc) is 2.42. The van der Waals surface area contributed by atoms with Crippen LogP contribution in [0.25, 0.3) is 0 Å². The van der Waals surface area contributed by atoms with Crippen molar-refractivity contribution >= 4 is 33.7 Å². The van der Waals surface area contributed by atoms with Gasteiger partial charge in [-0.25, -0.2) is 4.79 Å². The molecule has 0 fully saturated rings. The Balaban J connectivity index is 2.16. The number of ether oxygens (including phenoxy) is 1. The number of esters is 1. The van der Waals surface area contributed by atoms with Gasteiger partial charge in [0.15, 0.2) is 0 Å². The van der Waals surface area contributed by atoms with E-state index in [9.17, 15) is 4.79 Å². The Morgan fingerprint density at radius 3 is 2.40 bits per heavy atom. The van der Waals surface area contributed by atoms with E-state index in [1.54, 1.807) is 11.8 Å². The van der Waals surface area contributed by atoms with Crippen LogP contribution in [0.5, 0.6) is 0 Å². The molecule has 2 nitrogen and oxygen atoms in total. The van der Waals surface area contributed by atoms with Gasteiger partial charge in [0.2, 0.25) is 0 Å². The van der Waals surface area contributed by atoms with E-state index in [1.807, 2.05) is 44.2 Å². The molecule has 0 radical (unpaired) electrons. The minimum Gasteiger partial charge on any atom is -0.462 e. The molecule has 0 N–H and O–H groups in total. The van der Waals surface area contributed by atoms with Gasteiger partial charge in [0.1, 0.15) is 0 Å². The van der Waals surface area contributed by atoms with Gasteiger partial charge in [0, 0.05) is 14.3 Å². The highest BCUT2D eigenvalue weighted by atomic mass is 79.9. The molecule has 20 heavy (non-hydrogen) atoms. The standard InChI is InChI=1S/C16H15BrO2S/c1-3-19-16(18)15-9-8-14(10-11(15)2)20-13-6-4-12(17)5-7-13/h4-10H,3H2,1-2H3. The maximum Gasteiger partial charge on any atom is 0.338 e. The first-order chi connectivity index (χ1) is 9.60. The van der Waals surface area contributed by atoms with E-state index in [1.165, 1.54) is 0 Å². The Kier molecular flexibility index (Phi) is 5.26. The van der Waals surface area contributed by atoms with Crippen LogP contribution in [0.2, 0.25) is 0 Å². The highest BCUT2D eigenvalue weighted by Gasteiger charge is 2.10. The van der Waals surface area contributed by atoms with Crippen molar-refractivity contribution in [1.29, 1.82) is 0 Å². The van der Waals surface area contributed by atoms with Gasteiger partial charge < -0.3 is 4.74 Å². The summed E-state index contributed by atoms with van der Waals surface area (Å²) in [5.41, 5.74) is 1.57. The smallest absolute Gasteiger partial charge is 0.338 e. The summed E-state index contributed by atoms with van der Waals surface area (Å²) in [4.78, 5) is 14.0. The lowest BCUT2D eigenvalue weighted by molar-refractivity contribution is 0.0525. The van der Waals surface area contributed by atoms with E-state index >= 15 is 0 Å². The van der Waals surface area contributed by atoms with Crippen LogP contribution in [-0.2, 0) is 4.74 Å². The van der Waals surface area contributed by atoms with Gasteiger partial charge in [-0.2, -0.15) is 0 Å². The number of aryl methyl sites for hydroxylation is 1. The first-order valence-corrected chi connectivity index (χ1v) is 7.92. The number of halogens is 1. The monoisotopic (exact) mass is 350 g/mol. The summed E-state index contributed by atoms with van der Waals surface area (Å²) in [7, 11) is 0. The molecular weight excluding hydrogens is 336 g/mol. The molecule has 0 saturated heterocycles. The fourth-order valence-corrected chi connectivity index (χ4v) is 2.96. The molecular formula is C16H15BrO2S. The summed E-state index contributed by atoms with van der Waals surface area (Å²) in [6, 6.07) is 13.9. The molecule has 0 amide bonds. The topological polar surface area (TPSA) is 26.3 Å². The Hall–Kier alpha value is -1.26. The molecule has 2 aromatic rings. The zero-order valence-electron chi connectivity index (χ0n) is 11.4. The molecule has 0 aromatic heterocycles. The molecule has 0 bridgehead atoms. The van der Waals surface area contributed by atoms with Crippen molar-refractivity contribution in [2.45, 2.75) is 23.6 Å². The van der Waals surface area contributed by atoms with Crippen molar-refractivity contribution in [2.24, 2.45) is 0 Å². The molecule has 0 aliphatic carbocycles. The van der Waals surface area contributed by atoms with Crippen molar-refractivity contribution in [3.63, 3.8) is 0 Å². The molecule has 104 valence electrons. The number of hydrogen-bond donors (Lipinski definition) is 0. The van der Waals surface area contributed by atoms with Crippen molar-refractivity contribution in [1.82, 2.24) is 0 Å². The summed E-state index contributed by atoms with van der Waals surface area (Å²) >= 11 is 5.09. The SMILES string of the molecule is CCOC(=O)c1ccc(Sc2ccc(Br)cc2)cc1C. The van der Waals surface area contributed by atoms with Crippen LogP contribution in [0.1, 0.15) is 22.8 Å². The van der Waals surface area contributed by atoms with E-state index in [-0.39, 0.29) is 5.97 Å². The second-order valence-corrected chi connectivity index (χ2v) is 6.32. The number of benzene rings is 2. The van der Waals surface area contributed by atoms with Gasteiger partial charge in [0.05, 0.1) is 12.2 Å². The lowest BCUT2D eigenvalue weighted by Gasteiger charge is -2.08. The maximum absolute atomic E-state index is 11.7. The highest BCUT2D eigenvalue weighted by Crippen LogP contribution is 2.30. The number of carbonyl (C=O) groups excluding carboxylic acids is 1. The Bertz CT molecular complexity index is 608. The molecule has 0 aliphatic rings. The maximum atomic E-state index is 11.7. The number of carbonyl (C=O) groups is 1. The zero-order chi connectivity index (χ0) is 14.5. The minimum absolute atomic E-state index is 0.259. The Morgan fingerprint density at radius 2 is 1.80 bits per heavy atom. The van der Waals surface area contributed by atoms with Crippen molar-refractivity contribution in [3.05, 3.63) is 58.1 Å². The van der Waals surface area contributed by atoms with Crippen LogP contribution in [0.3, 0.4) is 0 Å². The first kappa shape index (κ1) is 15.1. The predicted octanol–water partition coefficient (Wildman–Crippen LogP) is 5.09. The molecule has 0 heterocycles. The van der Waals surface area contributed by atoms with Gasteiger partial charge >= 0.3 is 5.97 Å². The Labute approximate surface area is 131 Å². The summed E-state index contributed by atoms with van der Waals surface area (Å²) in [6.07, 6.45) is 0. The molecule has 2 rings (SSSR count). The molecule has 0 spiro atoms. The third-order valence-electron chi connectivity index (χ3n) is 2.74.